The molecule has 7 heteroatoms. The van der Waals surface area contributed by atoms with E-state index in [1.54, 1.807) is 7.11 Å². The van der Waals surface area contributed by atoms with Gasteiger partial charge < -0.3 is 26.1 Å². The maximum Gasteiger partial charge on any atom is 0.224 e. The Labute approximate surface area is 295 Å². The molecule has 5 aromatic rings. The van der Waals surface area contributed by atoms with Gasteiger partial charge in [-0.05, 0) is 72.6 Å². The molecule has 3 atom stereocenters. The Kier molecular flexibility index (Phi) is 13.1. The number of para-hydroxylation sites is 1. The lowest BCUT2D eigenvalue weighted by Gasteiger charge is -2.28. The highest BCUT2D eigenvalue weighted by molar-refractivity contribution is 5.88. The number of aromatic nitrogens is 1. The molecule has 0 spiro atoms. The van der Waals surface area contributed by atoms with Gasteiger partial charge in [-0.3, -0.25) is 9.59 Å². The first-order valence-corrected chi connectivity index (χ1v) is 17.4. The van der Waals surface area contributed by atoms with Gasteiger partial charge in [-0.1, -0.05) is 110 Å². The van der Waals surface area contributed by atoms with Crippen molar-refractivity contribution in [2.75, 3.05) is 13.7 Å². The molecule has 0 saturated heterocycles. The fourth-order valence-electron chi connectivity index (χ4n) is 6.42. The minimum Gasteiger partial charge on any atom is -0.497 e. The number of amides is 2. The SMILES string of the molecule is C=C(NCCc1ccccc1)[C@H](Cc1c[nH]c2ccccc12)NC(=O)[C@H](CCCc1ccc(OC)cc1)[C@H](C/C=C/c1ccccc1)C(N)=O. The first-order chi connectivity index (χ1) is 24.4. The van der Waals surface area contributed by atoms with Gasteiger partial charge in [0.2, 0.25) is 11.8 Å². The number of methoxy groups -OCH3 is 1. The van der Waals surface area contributed by atoms with Crippen LogP contribution >= 0.6 is 0 Å². The maximum absolute atomic E-state index is 14.4. The minimum atomic E-state index is -0.682. The number of benzene rings is 4. The summed E-state index contributed by atoms with van der Waals surface area (Å²) in [7, 11) is 1.65. The van der Waals surface area contributed by atoms with E-state index in [0.717, 1.165) is 51.9 Å². The van der Waals surface area contributed by atoms with Crippen molar-refractivity contribution >= 4 is 28.8 Å². The van der Waals surface area contributed by atoms with E-state index in [1.807, 2.05) is 109 Å². The van der Waals surface area contributed by atoms with Crippen LogP contribution in [0.3, 0.4) is 0 Å². The fraction of sp³-hybridized carbons (Fsp3) is 0.256. The summed E-state index contributed by atoms with van der Waals surface area (Å²) in [5.74, 6) is -1.20. The molecular weight excluding hydrogens is 620 g/mol. The van der Waals surface area contributed by atoms with E-state index in [9.17, 15) is 9.59 Å². The monoisotopic (exact) mass is 668 g/mol. The second-order valence-corrected chi connectivity index (χ2v) is 12.7. The zero-order valence-corrected chi connectivity index (χ0v) is 28.8. The van der Waals surface area contributed by atoms with Gasteiger partial charge in [0.25, 0.3) is 0 Å². The fourth-order valence-corrected chi connectivity index (χ4v) is 6.42. The maximum atomic E-state index is 14.4. The number of aryl methyl sites for hydroxylation is 1. The van der Waals surface area contributed by atoms with Crippen LogP contribution in [0.4, 0.5) is 0 Å². The third kappa shape index (κ3) is 10.2. The number of rotatable bonds is 19. The highest BCUT2D eigenvalue weighted by Gasteiger charge is 2.33. The molecule has 5 rings (SSSR count). The van der Waals surface area contributed by atoms with Crippen LogP contribution in [-0.4, -0.2) is 36.5 Å². The van der Waals surface area contributed by atoms with Gasteiger partial charge in [0.05, 0.1) is 19.1 Å². The van der Waals surface area contributed by atoms with E-state index in [4.69, 9.17) is 10.5 Å². The summed E-state index contributed by atoms with van der Waals surface area (Å²) in [5.41, 5.74) is 12.3. The number of fused-ring (bicyclic) bond motifs is 1. The molecule has 5 N–H and O–H groups in total. The number of H-pyrrole nitrogens is 1. The Hall–Kier alpha value is -5.56. The largest absolute Gasteiger partial charge is 0.497 e. The van der Waals surface area contributed by atoms with Crippen molar-refractivity contribution in [1.82, 2.24) is 15.6 Å². The first kappa shape index (κ1) is 35.7. The number of primary amides is 1. The van der Waals surface area contributed by atoms with Crippen molar-refractivity contribution < 1.29 is 14.3 Å². The Morgan fingerprint density at radius 2 is 1.54 bits per heavy atom. The van der Waals surface area contributed by atoms with Crippen LogP contribution in [0.25, 0.3) is 17.0 Å². The van der Waals surface area contributed by atoms with Crippen LogP contribution in [0.2, 0.25) is 0 Å². The van der Waals surface area contributed by atoms with Crippen LogP contribution in [0.1, 0.15) is 41.5 Å². The number of carbonyl (C=O) groups is 2. The van der Waals surface area contributed by atoms with E-state index in [1.165, 1.54) is 5.56 Å². The second kappa shape index (κ2) is 18.3. The van der Waals surface area contributed by atoms with Crippen molar-refractivity contribution in [3.8, 4) is 5.75 Å². The van der Waals surface area contributed by atoms with E-state index >= 15 is 0 Å². The average Bonchev–Trinajstić information content (AvgIpc) is 3.55. The third-order valence-corrected chi connectivity index (χ3v) is 9.27. The van der Waals surface area contributed by atoms with Gasteiger partial charge in [0.15, 0.2) is 0 Å². The number of hydrogen-bond acceptors (Lipinski definition) is 4. The highest BCUT2D eigenvalue weighted by Crippen LogP contribution is 2.26. The summed E-state index contributed by atoms with van der Waals surface area (Å²) >= 11 is 0. The predicted molar refractivity (Wildman–Crippen MR) is 203 cm³/mol. The Bertz CT molecular complexity index is 1850. The van der Waals surface area contributed by atoms with Gasteiger partial charge in [0, 0.05) is 41.7 Å². The number of nitrogens with one attached hydrogen (secondary N) is 3. The normalized spacial score (nSPS) is 13.1. The van der Waals surface area contributed by atoms with Crippen molar-refractivity contribution in [2.45, 2.75) is 44.6 Å². The van der Waals surface area contributed by atoms with Gasteiger partial charge in [-0.2, -0.15) is 0 Å². The summed E-state index contributed by atoms with van der Waals surface area (Å²) in [5, 5.41) is 7.89. The smallest absolute Gasteiger partial charge is 0.224 e. The lowest BCUT2D eigenvalue weighted by Crippen LogP contribution is -2.47. The summed E-state index contributed by atoms with van der Waals surface area (Å²) in [6.45, 7) is 5.06. The first-order valence-electron chi connectivity index (χ1n) is 17.4. The highest BCUT2D eigenvalue weighted by atomic mass is 16.5. The molecule has 1 aromatic heterocycles. The molecule has 0 radical (unpaired) electrons. The van der Waals surface area contributed by atoms with Crippen molar-refractivity contribution in [3.05, 3.63) is 156 Å². The molecule has 4 aromatic carbocycles. The lowest BCUT2D eigenvalue weighted by molar-refractivity contribution is -0.133. The molecular formula is C43H48N4O3. The molecule has 2 amide bonds. The third-order valence-electron chi connectivity index (χ3n) is 9.27. The molecule has 0 bridgehead atoms. The standard InChI is InChI=1S/C43H48N4O3/c1-31(45-28-27-33-15-7-4-8-16-33)41(29-35-30-46-40-22-10-9-19-37(35)40)47-43(49)39(21-12-18-34-23-25-36(50-2)26-24-34)38(42(44)48)20-11-17-32-13-5-3-6-14-32/h3-11,13-17,19,22-26,30,38-39,41,45-46H,1,12,18,20-21,27-29H2,2H3,(H2,44,48)(H,47,49)/b17-11+/t38-,39+,41-/m0/s1. The van der Waals surface area contributed by atoms with Crippen LogP contribution in [0, 0.1) is 11.8 Å². The van der Waals surface area contributed by atoms with E-state index in [-0.39, 0.29) is 5.91 Å². The van der Waals surface area contributed by atoms with Crippen LogP contribution in [0.15, 0.2) is 134 Å². The van der Waals surface area contributed by atoms with Gasteiger partial charge >= 0.3 is 0 Å². The van der Waals surface area contributed by atoms with E-state index in [0.29, 0.717) is 32.2 Å². The molecule has 0 saturated carbocycles. The Morgan fingerprint density at radius 3 is 2.26 bits per heavy atom. The zero-order chi connectivity index (χ0) is 35.1. The molecule has 0 fully saturated rings. The summed E-state index contributed by atoms with van der Waals surface area (Å²) in [4.78, 5) is 30.8. The molecule has 7 nitrogen and oxygen atoms in total. The molecule has 1 heterocycles. The van der Waals surface area contributed by atoms with Crippen molar-refractivity contribution in [2.24, 2.45) is 17.6 Å². The quantitative estimate of drug-likeness (QED) is 0.0736. The predicted octanol–water partition coefficient (Wildman–Crippen LogP) is 7.39. The molecule has 0 unspecified atom stereocenters. The number of nitrogens with two attached hydrogens (primary N) is 1. The molecule has 0 aliphatic carbocycles. The topological polar surface area (TPSA) is 109 Å². The van der Waals surface area contributed by atoms with E-state index < -0.39 is 23.8 Å². The average molecular weight is 669 g/mol. The van der Waals surface area contributed by atoms with Crippen LogP contribution < -0.4 is 21.1 Å². The van der Waals surface area contributed by atoms with Gasteiger partial charge in [-0.15, -0.1) is 0 Å². The summed E-state index contributed by atoms with van der Waals surface area (Å²) in [6, 6.07) is 35.8. The molecule has 0 aliphatic rings. The number of carbonyl (C=O) groups excluding carboxylic acids is 2. The second-order valence-electron chi connectivity index (χ2n) is 12.7. The van der Waals surface area contributed by atoms with Crippen molar-refractivity contribution in [1.29, 1.82) is 0 Å². The summed E-state index contributed by atoms with van der Waals surface area (Å²) in [6.07, 6.45) is 9.58. The molecule has 258 valence electrons. The minimum absolute atomic E-state index is 0.201. The number of allylic oxidation sites excluding steroid dienone is 1. The zero-order valence-electron chi connectivity index (χ0n) is 28.8. The number of ether oxygens (including phenoxy) is 1. The number of aromatic amines is 1. The molecule has 50 heavy (non-hydrogen) atoms. The Balaban J connectivity index is 1.36. The Morgan fingerprint density at radius 1 is 0.860 bits per heavy atom. The number of hydrogen-bond donors (Lipinski definition) is 4. The van der Waals surface area contributed by atoms with E-state index in [2.05, 4.69) is 40.4 Å². The van der Waals surface area contributed by atoms with Crippen LogP contribution in [0.5, 0.6) is 5.75 Å². The molecule has 0 aliphatic heterocycles. The van der Waals surface area contributed by atoms with Crippen LogP contribution in [-0.2, 0) is 28.9 Å². The lowest BCUT2D eigenvalue weighted by atomic mass is 9.83. The van der Waals surface area contributed by atoms with Gasteiger partial charge in [0.1, 0.15) is 5.75 Å². The van der Waals surface area contributed by atoms with Gasteiger partial charge in [-0.25, -0.2) is 0 Å². The summed E-state index contributed by atoms with van der Waals surface area (Å²) < 4.78 is 5.31. The van der Waals surface area contributed by atoms with Crippen molar-refractivity contribution in [3.63, 3.8) is 0 Å².